The second-order valence-electron chi connectivity index (χ2n) is 6.45. The first-order valence-electron chi connectivity index (χ1n) is 9.56. The number of Topliss-reactive ketones (excluding diaryl/α,β-unsaturated/α-hetero) is 1. The summed E-state index contributed by atoms with van der Waals surface area (Å²) in [7, 11) is 0. The third-order valence-electron chi connectivity index (χ3n) is 4.12. The van der Waals surface area contributed by atoms with Crippen molar-refractivity contribution >= 4 is 11.8 Å². The largest absolute Gasteiger partial charge is 0.457 e. The number of hydrogen-bond donors (Lipinski definition) is 2. The highest BCUT2D eigenvalue weighted by Gasteiger charge is 2.13. The smallest absolute Gasteiger partial charge is 0.306 e. The van der Waals surface area contributed by atoms with Crippen LogP contribution in [0.2, 0.25) is 0 Å². The zero-order valence-corrected chi connectivity index (χ0v) is 15.3. The van der Waals surface area contributed by atoms with Crippen LogP contribution in [0.25, 0.3) is 0 Å². The maximum absolute atomic E-state index is 11.7. The zero-order valence-electron chi connectivity index (χ0n) is 15.3. The summed E-state index contributed by atoms with van der Waals surface area (Å²) in [5, 5.41) is 17.6. The Balaban J connectivity index is 3.42. The molecule has 142 valence electrons. The molecule has 0 unspecified atom stereocenters. The van der Waals surface area contributed by atoms with Gasteiger partial charge in [-0.25, -0.2) is 0 Å². The molecule has 0 aromatic carbocycles. The summed E-state index contributed by atoms with van der Waals surface area (Å²) in [6, 6.07) is 0. The van der Waals surface area contributed by atoms with Gasteiger partial charge in [0.2, 0.25) is 0 Å². The van der Waals surface area contributed by atoms with Gasteiger partial charge in [0.15, 0.2) is 0 Å². The van der Waals surface area contributed by atoms with Crippen molar-refractivity contribution in [1.29, 1.82) is 0 Å². The number of carbonyl (C=O) groups is 2. The van der Waals surface area contributed by atoms with Gasteiger partial charge in [0.05, 0.1) is 19.6 Å². The minimum atomic E-state index is -0.880. The molecule has 0 aromatic heterocycles. The summed E-state index contributed by atoms with van der Waals surface area (Å²) < 4.78 is 4.81. The van der Waals surface area contributed by atoms with Crippen LogP contribution in [0.1, 0.15) is 90.4 Å². The molecule has 2 N–H and O–H groups in total. The quantitative estimate of drug-likeness (QED) is 0.311. The zero-order chi connectivity index (χ0) is 18.0. The normalized spacial score (nSPS) is 11.0. The van der Waals surface area contributed by atoms with E-state index in [4.69, 9.17) is 14.9 Å². The van der Waals surface area contributed by atoms with Gasteiger partial charge in [0, 0.05) is 12.8 Å². The van der Waals surface area contributed by atoms with Gasteiger partial charge in [-0.3, -0.25) is 9.59 Å². The lowest BCUT2D eigenvalue weighted by Gasteiger charge is -2.12. The molecular weight excluding hydrogens is 308 g/mol. The third kappa shape index (κ3) is 14.6. The number of unbranched alkanes of at least 4 members (excludes halogenated alkanes) is 9. The Morgan fingerprint density at radius 2 is 1.25 bits per heavy atom. The third-order valence-corrected chi connectivity index (χ3v) is 4.12. The molecule has 0 heterocycles. The Labute approximate surface area is 146 Å². The second-order valence-corrected chi connectivity index (χ2v) is 6.45. The van der Waals surface area contributed by atoms with Gasteiger partial charge in [0.25, 0.3) is 0 Å². The second kappa shape index (κ2) is 16.9. The summed E-state index contributed by atoms with van der Waals surface area (Å²) in [6.45, 7) is 1.41. The first kappa shape index (κ1) is 23.1. The molecule has 0 aromatic rings. The van der Waals surface area contributed by atoms with Crippen LogP contribution in [0.3, 0.4) is 0 Å². The van der Waals surface area contributed by atoms with E-state index in [9.17, 15) is 9.59 Å². The van der Waals surface area contributed by atoms with E-state index in [0.717, 1.165) is 12.8 Å². The highest BCUT2D eigenvalue weighted by atomic mass is 16.6. The van der Waals surface area contributed by atoms with E-state index >= 15 is 0 Å². The number of hydrogen-bond acceptors (Lipinski definition) is 5. The van der Waals surface area contributed by atoms with Crippen molar-refractivity contribution in [3.05, 3.63) is 0 Å². The highest BCUT2D eigenvalue weighted by Crippen LogP contribution is 2.12. The summed E-state index contributed by atoms with van der Waals surface area (Å²) in [5.74, 6) is -0.462. The topological polar surface area (TPSA) is 83.8 Å². The molecule has 0 aliphatic rings. The van der Waals surface area contributed by atoms with Crippen molar-refractivity contribution in [3.8, 4) is 0 Å². The molecule has 0 saturated heterocycles. The van der Waals surface area contributed by atoms with E-state index in [0.29, 0.717) is 6.42 Å². The van der Waals surface area contributed by atoms with Crippen molar-refractivity contribution in [3.63, 3.8) is 0 Å². The fourth-order valence-corrected chi connectivity index (χ4v) is 2.55. The fourth-order valence-electron chi connectivity index (χ4n) is 2.55. The number of rotatable bonds is 17. The van der Waals surface area contributed by atoms with Crippen LogP contribution in [0.15, 0.2) is 0 Å². The van der Waals surface area contributed by atoms with Gasteiger partial charge in [-0.05, 0) is 6.42 Å². The molecule has 0 bridgehead atoms. The van der Waals surface area contributed by atoms with Crippen LogP contribution in [-0.4, -0.2) is 41.3 Å². The summed E-state index contributed by atoms with van der Waals surface area (Å²) in [4.78, 5) is 23.1. The summed E-state index contributed by atoms with van der Waals surface area (Å²) in [5.41, 5.74) is 0. The van der Waals surface area contributed by atoms with Crippen LogP contribution in [0.5, 0.6) is 0 Å². The molecule has 0 atom stereocenters. The molecule has 5 nitrogen and oxygen atoms in total. The lowest BCUT2D eigenvalue weighted by Crippen LogP contribution is -2.25. The monoisotopic (exact) mass is 344 g/mol. The van der Waals surface area contributed by atoms with Gasteiger partial charge in [-0.15, -0.1) is 0 Å². The van der Waals surface area contributed by atoms with Crippen LogP contribution < -0.4 is 0 Å². The molecule has 0 fully saturated rings. The van der Waals surface area contributed by atoms with E-state index in [1.54, 1.807) is 0 Å². The van der Waals surface area contributed by atoms with Gasteiger partial charge in [-0.2, -0.15) is 0 Å². The number of carbonyl (C=O) groups excluding carboxylic acids is 2. The van der Waals surface area contributed by atoms with Gasteiger partial charge < -0.3 is 14.9 Å². The molecule has 0 rings (SSSR count). The molecule has 0 saturated carbocycles. The standard InChI is InChI=1S/C19H36O5/c1-2-3-4-5-6-7-8-9-10-11-12-17(22)13-14-19(23)24-18(15-20)16-21/h18,20-21H,2-16H2,1H3. The van der Waals surface area contributed by atoms with Crippen molar-refractivity contribution in [1.82, 2.24) is 0 Å². The van der Waals surface area contributed by atoms with E-state index < -0.39 is 25.3 Å². The molecule has 0 aliphatic carbocycles. The average molecular weight is 344 g/mol. The predicted molar refractivity (Wildman–Crippen MR) is 94.8 cm³/mol. The maximum Gasteiger partial charge on any atom is 0.306 e. The summed E-state index contributed by atoms with van der Waals surface area (Å²) >= 11 is 0. The first-order valence-corrected chi connectivity index (χ1v) is 9.56. The fraction of sp³-hybridized carbons (Fsp3) is 0.895. The number of esters is 1. The lowest BCUT2D eigenvalue weighted by atomic mass is 10.0. The maximum atomic E-state index is 11.7. The molecule has 0 aliphatic heterocycles. The van der Waals surface area contributed by atoms with Gasteiger partial charge >= 0.3 is 5.97 Å². The van der Waals surface area contributed by atoms with E-state index in [1.807, 2.05) is 0 Å². The van der Waals surface area contributed by atoms with Crippen LogP contribution in [0.4, 0.5) is 0 Å². The number of aliphatic hydroxyl groups is 2. The predicted octanol–water partition coefficient (Wildman–Crippen LogP) is 3.54. The molecule has 0 spiro atoms. The summed E-state index contributed by atoms with van der Waals surface area (Å²) in [6.07, 6.45) is 12.2. The minimum Gasteiger partial charge on any atom is -0.457 e. The van der Waals surface area contributed by atoms with Crippen LogP contribution >= 0.6 is 0 Å². The number of ether oxygens (including phenoxy) is 1. The molecular formula is C19H36O5. The highest BCUT2D eigenvalue weighted by molar-refractivity contribution is 5.82. The van der Waals surface area contributed by atoms with Gasteiger partial charge in [-0.1, -0.05) is 64.7 Å². The lowest BCUT2D eigenvalue weighted by molar-refractivity contribution is -0.154. The number of aliphatic hydroxyl groups excluding tert-OH is 2. The molecule has 5 heteroatoms. The van der Waals surface area contributed by atoms with Crippen molar-refractivity contribution in [2.45, 2.75) is 96.5 Å². The van der Waals surface area contributed by atoms with E-state index in [1.165, 1.54) is 51.4 Å². The van der Waals surface area contributed by atoms with E-state index in [-0.39, 0.29) is 18.6 Å². The average Bonchev–Trinajstić information content (AvgIpc) is 2.59. The molecule has 0 radical (unpaired) electrons. The molecule has 0 amide bonds. The Hall–Kier alpha value is -0.940. The Kier molecular flexibility index (Phi) is 16.2. The Morgan fingerprint density at radius 1 is 0.750 bits per heavy atom. The van der Waals surface area contributed by atoms with Crippen molar-refractivity contribution in [2.75, 3.05) is 13.2 Å². The van der Waals surface area contributed by atoms with E-state index in [2.05, 4.69) is 6.92 Å². The SMILES string of the molecule is CCCCCCCCCCCCC(=O)CCC(=O)OC(CO)CO. The number of ketones is 1. The Bertz CT molecular complexity index is 313. The minimum absolute atomic E-state index is 0.0209. The van der Waals surface area contributed by atoms with Crippen LogP contribution in [-0.2, 0) is 14.3 Å². The Morgan fingerprint density at radius 3 is 1.75 bits per heavy atom. The van der Waals surface area contributed by atoms with Gasteiger partial charge in [0.1, 0.15) is 11.9 Å². The van der Waals surface area contributed by atoms with Crippen molar-refractivity contribution in [2.24, 2.45) is 0 Å². The van der Waals surface area contributed by atoms with Crippen molar-refractivity contribution < 1.29 is 24.5 Å². The van der Waals surface area contributed by atoms with Crippen LogP contribution in [0, 0.1) is 0 Å². The molecule has 24 heavy (non-hydrogen) atoms. The first-order chi connectivity index (χ1) is 11.6.